The van der Waals surface area contributed by atoms with E-state index < -0.39 is 137 Å². The minimum Gasteiger partial charge on any atom is -0.370 e. The number of nitrogens with zero attached hydrogens (tertiary/aromatic N) is 1. The Hall–Kier alpha value is -7.61. The Balaban J connectivity index is 1.22. The molecular weight excluding hydrogens is 1090 g/mol. The summed E-state index contributed by atoms with van der Waals surface area (Å²) in [6, 6.07) is 4.10. The molecule has 4 aromatic rings. The molecule has 11 amide bonds. The molecule has 442 valence electrons. The highest BCUT2D eigenvalue weighted by atomic mass is 33.1. The number of para-hydroxylation sites is 2. The number of aromatic nitrogens is 2. The first-order chi connectivity index (χ1) is 39.1. The number of nitrogens with one attached hydrogen (secondary N) is 9. The fourth-order valence-corrected chi connectivity index (χ4v) is 14.1. The second kappa shape index (κ2) is 28.4. The maximum absolute atomic E-state index is 15.1. The number of H-pyrrole nitrogens is 2. The molecule has 1 spiro atoms. The lowest BCUT2D eigenvalue weighted by Gasteiger charge is -2.37. The number of nitrogens with two attached hydrogens (primary N) is 3. The zero-order valence-electron chi connectivity index (χ0n) is 46.3. The van der Waals surface area contributed by atoms with Crippen LogP contribution in [0.4, 0.5) is 0 Å². The highest BCUT2D eigenvalue weighted by Crippen LogP contribution is 2.48. The predicted molar refractivity (Wildman–Crippen MR) is 309 cm³/mol. The maximum atomic E-state index is 15.1. The number of hydrogen-bond acceptors (Lipinski definition) is 13. The largest absolute Gasteiger partial charge is 0.370 e. The Bertz CT molecular complexity index is 3030. The van der Waals surface area contributed by atoms with Crippen molar-refractivity contribution >= 4 is 108 Å². The molecule has 3 aliphatic rings. The van der Waals surface area contributed by atoms with E-state index in [1.807, 2.05) is 48.5 Å². The zero-order chi connectivity index (χ0) is 59.3. The Morgan fingerprint density at radius 2 is 1.34 bits per heavy atom. The van der Waals surface area contributed by atoms with E-state index in [1.54, 1.807) is 26.2 Å². The van der Waals surface area contributed by atoms with E-state index in [1.165, 1.54) is 33.4 Å². The summed E-state index contributed by atoms with van der Waals surface area (Å²) in [5, 5.41) is 20.6. The van der Waals surface area contributed by atoms with E-state index in [9.17, 15) is 47.9 Å². The monoisotopic (exact) mass is 1170 g/mol. The lowest BCUT2D eigenvalue weighted by atomic mass is 9.85. The third-order valence-corrected chi connectivity index (χ3v) is 18.9. The van der Waals surface area contributed by atoms with Gasteiger partial charge in [0.05, 0.1) is 6.42 Å². The van der Waals surface area contributed by atoms with Gasteiger partial charge in [-0.15, -0.1) is 0 Å². The quantitative estimate of drug-likeness (QED) is 0.0658. The molecule has 7 rings (SSSR count). The Morgan fingerprint density at radius 1 is 0.720 bits per heavy atom. The number of fused-ring (bicyclic) bond motifs is 2. The lowest BCUT2D eigenvalue weighted by molar-refractivity contribution is -0.142. The smallest absolute Gasteiger partial charge is 0.246 e. The molecule has 2 saturated heterocycles. The van der Waals surface area contributed by atoms with E-state index in [2.05, 4.69) is 47.2 Å². The molecule has 1 saturated carbocycles. The summed E-state index contributed by atoms with van der Waals surface area (Å²) in [4.78, 5) is 161. The summed E-state index contributed by atoms with van der Waals surface area (Å²) >= 11 is 0. The van der Waals surface area contributed by atoms with Crippen molar-refractivity contribution in [3.63, 3.8) is 0 Å². The van der Waals surface area contributed by atoms with Crippen LogP contribution in [0.15, 0.2) is 60.9 Å². The van der Waals surface area contributed by atoms with Crippen LogP contribution in [0, 0.1) is 5.92 Å². The van der Waals surface area contributed by atoms with Gasteiger partial charge in [-0.1, -0.05) is 97.5 Å². The Labute approximate surface area is 482 Å². The number of likely N-dealkylation sites (tertiary alicyclic amines) is 1. The summed E-state index contributed by atoms with van der Waals surface area (Å²) in [5.74, 6) is -9.46. The van der Waals surface area contributed by atoms with E-state index >= 15 is 4.79 Å². The number of carbonyl (C=O) groups is 11. The van der Waals surface area contributed by atoms with Crippen LogP contribution in [-0.2, 0) is 65.6 Å². The molecular formula is C56H75N13O11S2. The number of benzene rings is 2. The minimum atomic E-state index is -1.75. The first-order valence-electron chi connectivity index (χ1n) is 27.8. The summed E-state index contributed by atoms with van der Waals surface area (Å²) in [5.41, 5.74) is 19.6. The molecule has 9 atom stereocenters. The van der Waals surface area contributed by atoms with Crippen molar-refractivity contribution in [3.05, 3.63) is 72.1 Å². The highest BCUT2D eigenvalue weighted by Gasteiger charge is 2.43. The average molecular weight is 1170 g/mol. The van der Waals surface area contributed by atoms with E-state index in [4.69, 9.17) is 17.2 Å². The van der Waals surface area contributed by atoms with Gasteiger partial charge in [0.25, 0.3) is 0 Å². The molecule has 0 bridgehead atoms. The molecule has 82 heavy (non-hydrogen) atoms. The fourth-order valence-electron chi connectivity index (χ4n) is 10.8. The molecule has 0 unspecified atom stereocenters. The third kappa shape index (κ3) is 16.1. The topological polar surface area (TPSA) is 385 Å². The van der Waals surface area contributed by atoms with Crippen LogP contribution < -0.4 is 54.4 Å². The number of amides is 11. The molecule has 1 aliphatic carbocycles. The SMILES string of the molecule is CC[C@H](C)[C@@H]1NC(=O)[C@H](Cc2c[nH]c3ccccc23)NC(=O)CC2(CCCCC2)SSC[C@@H](C(=O)N2CCC[C@@H]2C(=O)N[C@H](Cc2c[nH]c3ccccc23)C(=O)N[C@H](C)C(N)=O)NC(=O)[C@H](CC(N)=O)NC(=O)[C@@H](CCC(N)=O)NC1=O. The standard InChI is InChI=1S/C56H75N13O11S2/c1-4-30(2)47-54(79)64-38(18-19-44(57)70)49(74)65-41(25-45(58)71)51(76)67-42(29-81-82-56(20-10-5-11-21-56)26-46(72)63-39(52(77)68-47)23-32-27-60-36-15-8-6-13-34(32)36)55(80)69-22-12-17-43(69)53(78)66-40(50(75)62-31(3)48(59)73)24-33-28-61-37-16-9-7-14-35(33)37/h6-9,13-16,27-28,30-31,38-43,47,60-61H,4-5,10-12,17-26,29H2,1-3H3,(H2,57,70)(H2,58,71)(H2,59,73)(H,62,75)(H,63,72)(H,64,79)(H,65,74)(H,66,78)(H,67,76)(H,68,77)/t30-,31+,38+,39-,40+,41-,42-,43+,47-/m0/s1. The molecule has 3 fully saturated rings. The fraction of sp³-hybridized carbons (Fsp3) is 0.518. The van der Waals surface area contributed by atoms with Gasteiger partial charge >= 0.3 is 0 Å². The van der Waals surface area contributed by atoms with Gasteiger partial charge in [-0.3, -0.25) is 52.7 Å². The van der Waals surface area contributed by atoms with Crippen LogP contribution in [0.2, 0.25) is 0 Å². The molecule has 2 aromatic carbocycles. The van der Waals surface area contributed by atoms with Gasteiger partial charge in [-0.25, -0.2) is 0 Å². The Morgan fingerprint density at radius 3 is 1.99 bits per heavy atom. The van der Waals surface area contributed by atoms with E-state index in [0.29, 0.717) is 31.2 Å². The van der Waals surface area contributed by atoms with Crippen LogP contribution in [0.5, 0.6) is 0 Å². The molecule has 24 nitrogen and oxygen atoms in total. The molecule has 2 aliphatic heterocycles. The third-order valence-electron chi connectivity index (χ3n) is 15.6. The average Bonchev–Trinajstić information content (AvgIpc) is 4.35. The first kappa shape index (κ1) is 62.0. The van der Waals surface area contributed by atoms with E-state index in [0.717, 1.165) is 46.6 Å². The van der Waals surface area contributed by atoms with Crippen molar-refractivity contribution in [2.45, 2.75) is 164 Å². The van der Waals surface area contributed by atoms with Crippen molar-refractivity contribution in [2.75, 3.05) is 12.3 Å². The van der Waals surface area contributed by atoms with Gasteiger partial charge in [-0.2, -0.15) is 0 Å². The molecule has 2 aromatic heterocycles. The molecule has 26 heteroatoms. The number of hydrogen-bond donors (Lipinski definition) is 12. The van der Waals surface area contributed by atoms with Crippen molar-refractivity contribution in [3.8, 4) is 0 Å². The summed E-state index contributed by atoms with van der Waals surface area (Å²) in [6.45, 7) is 4.97. The van der Waals surface area contributed by atoms with Crippen LogP contribution in [0.1, 0.15) is 109 Å². The van der Waals surface area contributed by atoms with Crippen LogP contribution in [0.3, 0.4) is 0 Å². The maximum Gasteiger partial charge on any atom is 0.246 e. The number of rotatable bonds is 17. The van der Waals surface area contributed by atoms with Crippen LogP contribution in [-0.4, -0.2) is 145 Å². The van der Waals surface area contributed by atoms with Gasteiger partial charge in [0, 0.05) is 76.9 Å². The summed E-state index contributed by atoms with van der Waals surface area (Å²) in [6.07, 6.45) is 6.36. The van der Waals surface area contributed by atoms with Crippen molar-refractivity contribution in [1.82, 2.24) is 52.1 Å². The normalized spacial score (nSPS) is 23.5. The van der Waals surface area contributed by atoms with Gasteiger partial charge in [0.1, 0.15) is 48.3 Å². The van der Waals surface area contributed by atoms with Gasteiger partial charge in [0.2, 0.25) is 65.0 Å². The number of aromatic amines is 2. The lowest BCUT2D eigenvalue weighted by Crippen LogP contribution is -2.61. The van der Waals surface area contributed by atoms with Crippen LogP contribution >= 0.6 is 21.6 Å². The second-order valence-corrected chi connectivity index (χ2v) is 24.5. The Kier molecular flexibility index (Phi) is 21.5. The van der Waals surface area contributed by atoms with Crippen molar-refractivity contribution in [1.29, 1.82) is 0 Å². The zero-order valence-corrected chi connectivity index (χ0v) is 47.9. The van der Waals surface area contributed by atoms with Crippen LogP contribution in [0.25, 0.3) is 21.8 Å². The highest BCUT2D eigenvalue weighted by molar-refractivity contribution is 8.77. The van der Waals surface area contributed by atoms with Gasteiger partial charge in [0.15, 0.2) is 0 Å². The number of carbonyl (C=O) groups excluding carboxylic acids is 11. The second-order valence-electron chi connectivity index (χ2n) is 21.6. The molecule has 15 N–H and O–H groups in total. The summed E-state index contributed by atoms with van der Waals surface area (Å²) < 4.78 is -0.725. The summed E-state index contributed by atoms with van der Waals surface area (Å²) in [7, 11) is 2.57. The van der Waals surface area contributed by atoms with Gasteiger partial charge < -0.3 is 69.3 Å². The number of primary amides is 3. The van der Waals surface area contributed by atoms with Crippen molar-refractivity contribution in [2.24, 2.45) is 23.1 Å². The molecule has 4 heterocycles. The minimum absolute atomic E-state index is 0.0174. The molecule has 0 radical (unpaired) electrons. The van der Waals surface area contributed by atoms with Crippen molar-refractivity contribution < 1.29 is 52.7 Å². The first-order valence-corrected chi connectivity index (χ1v) is 30.2. The predicted octanol–water partition coefficient (Wildman–Crippen LogP) is 0.999. The van der Waals surface area contributed by atoms with E-state index in [-0.39, 0.29) is 44.4 Å². The van der Waals surface area contributed by atoms with Gasteiger partial charge in [-0.05, 0) is 68.2 Å².